The van der Waals surface area contributed by atoms with Crippen LogP contribution in [0.15, 0.2) is 0 Å². The van der Waals surface area contributed by atoms with Crippen LogP contribution in [0.25, 0.3) is 21.3 Å². The first kappa shape index (κ1) is 33.0. The van der Waals surface area contributed by atoms with Gasteiger partial charge in [0.15, 0.2) is 0 Å². The van der Waals surface area contributed by atoms with Crippen LogP contribution in [0.5, 0.6) is 0 Å². The molecule has 3 atom stereocenters. The van der Waals surface area contributed by atoms with Crippen molar-refractivity contribution in [3.05, 3.63) is 21.3 Å². The molecule has 0 heterocycles. The molecule has 0 aliphatic rings. The van der Waals surface area contributed by atoms with Gasteiger partial charge in [-0.3, -0.25) is 0 Å². The van der Waals surface area contributed by atoms with Gasteiger partial charge in [0.05, 0.1) is 0 Å². The van der Waals surface area contributed by atoms with Crippen molar-refractivity contribution in [2.45, 2.75) is 119 Å². The van der Waals surface area contributed by atoms with Crippen molar-refractivity contribution in [1.82, 2.24) is 0 Å². The van der Waals surface area contributed by atoms with Gasteiger partial charge in [-0.15, -0.1) is 37.6 Å². The van der Waals surface area contributed by atoms with Crippen LogP contribution in [0.3, 0.4) is 0 Å². The minimum atomic E-state index is 0. The molecule has 0 aliphatic carbocycles. The molecule has 0 fully saturated rings. The summed E-state index contributed by atoms with van der Waals surface area (Å²) in [5.41, 5.74) is 0.0537. The molecule has 0 aliphatic heterocycles. The fourth-order valence-corrected chi connectivity index (χ4v) is 2.64. The second-order valence-corrected chi connectivity index (χ2v) is 9.31. The molecule has 0 rings (SSSR count). The zero-order chi connectivity index (χ0) is 21.5. The smallest absolute Gasteiger partial charge is 0 e. The summed E-state index contributed by atoms with van der Waals surface area (Å²) in [6, 6.07) is 1.02. The maximum Gasteiger partial charge on any atom is 0 e. The first-order chi connectivity index (χ1) is 12.4. The van der Waals surface area contributed by atoms with E-state index in [9.17, 15) is 0 Å². The Labute approximate surface area is 188 Å². The van der Waals surface area contributed by atoms with E-state index in [1.54, 1.807) is 0 Å². The van der Waals surface area contributed by atoms with Gasteiger partial charge in [-0.2, -0.15) is 6.54 Å². The Bertz CT molecular complexity index is 298. The van der Waals surface area contributed by atoms with Crippen LogP contribution in [-0.2, 0) is 16.8 Å². The number of rotatable bonds is 13. The summed E-state index contributed by atoms with van der Waals surface area (Å²) in [7, 11) is 0. The molecular formula is C23H50CoN4-4. The van der Waals surface area contributed by atoms with Gasteiger partial charge >= 0.3 is 0 Å². The van der Waals surface area contributed by atoms with E-state index in [1.165, 1.54) is 0 Å². The fraction of sp³-hybridized carbons (Fsp3) is 1.00. The summed E-state index contributed by atoms with van der Waals surface area (Å²) in [5.74, 6) is 1.36. The summed E-state index contributed by atoms with van der Waals surface area (Å²) < 4.78 is 0. The molecule has 0 bridgehead atoms. The molecule has 28 heavy (non-hydrogen) atoms. The molecular weight excluding hydrogens is 391 g/mol. The Kier molecular flexibility index (Phi) is 22.8. The topological polar surface area (TPSA) is 56.4 Å². The maximum absolute atomic E-state index is 4.80. The van der Waals surface area contributed by atoms with Crippen molar-refractivity contribution < 1.29 is 16.8 Å². The van der Waals surface area contributed by atoms with E-state index < -0.39 is 0 Å². The predicted molar refractivity (Wildman–Crippen MR) is 125 cm³/mol. The van der Waals surface area contributed by atoms with Gasteiger partial charge in [0, 0.05) is 16.8 Å². The average Bonchev–Trinajstić information content (AvgIpc) is 2.53. The molecule has 0 saturated carbocycles. The first-order valence-electron chi connectivity index (χ1n) is 11.2. The molecule has 4 nitrogen and oxygen atoms in total. The summed E-state index contributed by atoms with van der Waals surface area (Å²) >= 11 is 0. The third-order valence-corrected chi connectivity index (χ3v) is 3.97. The van der Waals surface area contributed by atoms with E-state index in [0.717, 1.165) is 38.9 Å². The molecule has 0 amide bonds. The normalized spacial score (nSPS) is 14.9. The minimum Gasteiger partial charge on any atom is -0.678 e. The zero-order valence-electron chi connectivity index (χ0n) is 20.8. The van der Waals surface area contributed by atoms with Crippen LogP contribution in [0, 0.1) is 11.8 Å². The van der Waals surface area contributed by atoms with E-state index in [4.69, 9.17) is 10.6 Å². The second-order valence-electron chi connectivity index (χ2n) is 9.31. The Morgan fingerprint density at radius 1 is 0.679 bits per heavy atom. The monoisotopic (exact) mass is 441 g/mol. The Balaban J connectivity index is -0.000000489. The number of nitrogens with zero attached hydrogens (tertiary/aromatic N) is 4. The number of hydrogen-bond donors (Lipinski definition) is 0. The van der Waals surface area contributed by atoms with Gasteiger partial charge < -0.3 is 21.3 Å². The first-order valence-corrected chi connectivity index (χ1v) is 11.2. The Hall–Kier alpha value is 0.346. The van der Waals surface area contributed by atoms with Crippen LogP contribution < -0.4 is 0 Å². The van der Waals surface area contributed by atoms with Crippen LogP contribution >= 0.6 is 0 Å². The molecule has 0 aromatic rings. The predicted octanol–water partition coefficient (Wildman–Crippen LogP) is 7.89. The summed E-state index contributed by atoms with van der Waals surface area (Å²) in [5, 5.41) is 18.3. The summed E-state index contributed by atoms with van der Waals surface area (Å²) in [6.07, 6.45) is 3.61. The molecule has 0 saturated heterocycles. The molecule has 175 valence electrons. The van der Waals surface area contributed by atoms with Gasteiger partial charge in [-0.1, -0.05) is 100 Å². The largest absolute Gasteiger partial charge is 0.678 e. The molecule has 0 aromatic carbocycles. The van der Waals surface area contributed by atoms with Gasteiger partial charge in [0.1, 0.15) is 0 Å². The molecule has 5 heteroatoms. The molecule has 0 spiro atoms. The summed E-state index contributed by atoms with van der Waals surface area (Å²) in [6.45, 7) is 26.6. The van der Waals surface area contributed by atoms with E-state index >= 15 is 0 Å². The molecule has 3 unspecified atom stereocenters. The fourth-order valence-electron chi connectivity index (χ4n) is 2.64. The third kappa shape index (κ3) is 24.4. The van der Waals surface area contributed by atoms with Crippen LogP contribution in [0.1, 0.15) is 95.4 Å². The van der Waals surface area contributed by atoms with E-state index in [1.807, 2.05) is 13.8 Å². The van der Waals surface area contributed by atoms with E-state index in [2.05, 4.69) is 72.9 Å². The Morgan fingerprint density at radius 3 is 1.32 bits per heavy atom. The van der Waals surface area contributed by atoms with Crippen molar-refractivity contribution in [2.24, 2.45) is 11.8 Å². The average molecular weight is 442 g/mol. The number of hydrogen-bond acceptors (Lipinski definition) is 0. The summed E-state index contributed by atoms with van der Waals surface area (Å²) in [4.78, 5) is 0. The van der Waals surface area contributed by atoms with Crippen molar-refractivity contribution >= 4 is 0 Å². The minimum absolute atomic E-state index is 0. The van der Waals surface area contributed by atoms with Crippen LogP contribution in [0.2, 0.25) is 0 Å². The van der Waals surface area contributed by atoms with Crippen molar-refractivity contribution in [3.63, 3.8) is 0 Å². The SMILES string of the molecule is CCC(CC(CC)[N-]CC(C)C)[N-]CC(C)C.CC[N-]C(C)[N-]C(C)(C)C.[Co]. The quantitative estimate of drug-likeness (QED) is 0.279. The van der Waals surface area contributed by atoms with Crippen molar-refractivity contribution in [1.29, 1.82) is 0 Å². The Morgan fingerprint density at radius 2 is 1.07 bits per heavy atom. The second kappa shape index (κ2) is 19.3. The van der Waals surface area contributed by atoms with Crippen molar-refractivity contribution in [3.8, 4) is 0 Å². The molecule has 0 N–H and O–H groups in total. The van der Waals surface area contributed by atoms with Gasteiger partial charge in [-0.25, -0.2) is 6.17 Å². The third-order valence-electron chi connectivity index (χ3n) is 3.97. The molecule has 1 radical (unpaired) electrons. The van der Waals surface area contributed by atoms with Gasteiger partial charge in [-0.05, 0) is 0 Å². The molecule has 0 aromatic heterocycles. The van der Waals surface area contributed by atoms with E-state index in [-0.39, 0.29) is 28.5 Å². The maximum atomic E-state index is 4.80. The standard InChI is InChI=1S/C15H32N2.C8H18N2.Co/c1-7-14(16-10-12(3)4)9-15(8-2)17-11-13(5)6;1-6-9-7(2)10-8(3,4)5;/h12-15H,7-11H2,1-6H3;7H,6H2,1-5H3;/q2*-2;. The van der Waals surface area contributed by atoms with Crippen molar-refractivity contribution in [2.75, 3.05) is 19.6 Å². The zero-order valence-corrected chi connectivity index (χ0v) is 21.8. The van der Waals surface area contributed by atoms with Gasteiger partial charge in [0.2, 0.25) is 0 Å². The van der Waals surface area contributed by atoms with Crippen LogP contribution in [-0.4, -0.2) is 43.4 Å². The van der Waals surface area contributed by atoms with Gasteiger partial charge in [0.25, 0.3) is 0 Å². The van der Waals surface area contributed by atoms with Crippen LogP contribution in [0.4, 0.5) is 0 Å². The van der Waals surface area contributed by atoms with E-state index in [0.29, 0.717) is 23.9 Å².